The first-order chi connectivity index (χ1) is 18.9. The molecule has 0 spiro atoms. The monoisotopic (exact) mass is 574 g/mol. The molecule has 3 N–H and O–H groups in total. The Hall–Kier alpha value is -2.19. The third kappa shape index (κ3) is 5.07. The second kappa shape index (κ2) is 10.8. The second-order valence-electron chi connectivity index (χ2n) is 14.4. The van der Waals surface area contributed by atoms with Crippen LogP contribution in [0.2, 0.25) is 0 Å². The lowest BCUT2D eigenvalue weighted by atomic mass is 9.36. The van der Waals surface area contributed by atoms with Crippen LogP contribution in [0.1, 0.15) is 107 Å². The van der Waals surface area contributed by atoms with E-state index in [1.807, 2.05) is 26.8 Å². The number of rotatable bonds is 6. The maximum atomic E-state index is 12.7. The summed E-state index contributed by atoms with van der Waals surface area (Å²) >= 11 is 0. The number of esters is 2. The van der Waals surface area contributed by atoms with Gasteiger partial charge in [0.1, 0.15) is 6.10 Å². The average Bonchev–Trinajstić information content (AvgIpc) is 3.10. The molecule has 0 aromatic rings. The maximum absolute atomic E-state index is 12.7. The van der Waals surface area contributed by atoms with E-state index in [-0.39, 0.29) is 34.5 Å². The summed E-state index contributed by atoms with van der Waals surface area (Å²) in [7, 11) is 0. The Morgan fingerprint density at radius 1 is 1.00 bits per heavy atom. The van der Waals surface area contributed by atoms with Gasteiger partial charge in [-0.15, -0.1) is 0 Å². The molecule has 0 radical (unpaired) electrons. The standard InChI is InChI=1S/C33H50O8/c1-18(2)10-9-11-22(29(37)38)27-24-16-25(36)28-30(6)14-15-33(39,41-21(5)35)19(3)23(30)12-13-31(28,7)32(24,8)17-26(27)40-20(4)34/h10,19,23-26,28,36,39H,9,11-17H2,1-8H3,(H,37,38)/t19-,23?,24+,25?,26-,28?,30-,31-,32-,33+/m0/s1. The third-order valence-electron chi connectivity index (χ3n) is 12.0. The van der Waals surface area contributed by atoms with Crippen molar-refractivity contribution in [1.29, 1.82) is 0 Å². The lowest BCUT2D eigenvalue weighted by molar-refractivity contribution is -0.297. The second-order valence-corrected chi connectivity index (χ2v) is 14.4. The van der Waals surface area contributed by atoms with Gasteiger partial charge < -0.3 is 24.8 Å². The van der Waals surface area contributed by atoms with E-state index in [1.165, 1.54) is 13.8 Å². The molecule has 0 saturated heterocycles. The molecule has 41 heavy (non-hydrogen) atoms. The number of carboxylic acid groups (broad SMARTS) is 1. The molecule has 0 aromatic heterocycles. The lowest BCUT2D eigenvalue weighted by Gasteiger charge is -2.69. The molecule has 4 saturated carbocycles. The summed E-state index contributed by atoms with van der Waals surface area (Å²) in [5.74, 6) is -4.07. The van der Waals surface area contributed by atoms with E-state index in [0.29, 0.717) is 49.7 Å². The Morgan fingerprint density at radius 2 is 1.66 bits per heavy atom. The van der Waals surface area contributed by atoms with Gasteiger partial charge in [0, 0.05) is 31.8 Å². The van der Waals surface area contributed by atoms with Crippen LogP contribution in [-0.2, 0) is 23.9 Å². The number of carboxylic acids is 1. The summed E-state index contributed by atoms with van der Waals surface area (Å²) in [5.41, 5.74) is 0.974. The quantitative estimate of drug-likeness (QED) is 0.163. The Kier molecular flexibility index (Phi) is 8.38. The molecule has 4 aliphatic carbocycles. The molecule has 0 aromatic carbocycles. The fourth-order valence-electron chi connectivity index (χ4n) is 10.1. The molecule has 0 aliphatic heterocycles. The van der Waals surface area contributed by atoms with Gasteiger partial charge in [-0.05, 0) is 98.4 Å². The van der Waals surface area contributed by atoms with Gasteiger partial charge in [-0.3, -0.25) is 9.59 Å². The highest BCUT2D eigenvalue weighted by atomic mass is 16.7. The van der Waals surface area contributed by atoms with Crippen molar-refractivity contribution < 1.29 is 39.2 Å². The third-order valence-corrected chi connectivity index (χ3v) is 12.0. The van der Waals surface area contributed by atoms with Crippen molar-refractivity contribution in [2.45, 2.75) is 125 Å². The topological polar surface area (TPSA) is 130 Å². The Bertz CT molecular complexity index is 1150. The number of aliphatic hydroxyl groups is 2. The normalized spacial score (nSPS) is 44.5. The van der Waals surface area contributed by atoms with Crippen LogP contribution in [0.3, 0.4) is 0 Å². The largest absolute Gasteiger partial charge is 0.478 e. The number of aliphatic hydroxyl groups excluding tert-OH is 1. The van der Waals surface area contributed by atoms with Gasteiger partial charge in [-0.1, -0.05) is 39.3 Å². The Balaban J connectivity index is 1.79. The van der Waals surface area contributed by atoms with E-state index in [0.717, 1.165) is 18.4 Å². The molecular formula is C33H50O8. The van der Waals surface area contributed by atoms with Gasteiger partial charge in [0.2, 0.25) is 5.79 Å². The van der Waals surface area contributed by atoms with E-state index in [1.54, 1.807) is 0 Å². The van der Waals surface area contributed by atoms with Gasteiger partial charge in [0.25, 0.3) is 0 Å². The van der Waals surface area contributed by atoms with Crippen LogP contribution in [0.25, 0.3) is 0 Å². The average molecular weight is 575 g/mol. The summed E-state index contributed by atoms with van der Waals surface area (Å²) in [4.78, 5) is 36.8. The van der Waals surface area contributed by atoms with Crippen molar-refractivity contribution in [3.8, 4) is 0 Å². The van der Waals surface area contributed by atoms with Crippen molar-refractivity contribution in [1.82, 2.24) is 0 Å². The van der Waals surface area contributed by atoms with E-state index in [4.69, 9.17) is 9.47 Å². The molecule has 0 heterocycles. The first-order valence-electron chi connectivity index (χ1n) is 15.3. The lowest BCUT2D eigenvalue weighted by Crippen LogP contribution is -2.67. The van der Waals surface area contributed by atoms with E-state index in [9.17, 15) is 29.7 Å². The van der Waals surface area contributed by atoms with Gasteiger partial charge in [-0.2, -0.15) is 0 Å². The maximum Gasteiger partial charge on any atom is 0.331 e. The number of fused-ring (bicyclic) bond motifs is 5. The Labute approximate surface area is 244 Å². The number of aliphatic carboxylic acids is 1. The number of hydrogen-bond donors (Lipinski definition) is 3. The minimum Gasteiger partial charge on any atom is -0.478 e. The summed E-state index contributed by atoms with van der Waals surface area (Å²) in [6, 6.07) is 0. The predicted molar refractivity (Wildman–Crippen MR) is 153 cm³/mol. The zero-order valence-electron chi connectivity index (χ0n) is 26.1. The van der Waals surface area contributed by atoms with Crippen molar-refractivity contribution in [3.63, 3.8) is 0 Å². The smallest absolute Gasteiger partial charge is 0.331 e. The fraction of sp³-hybridized carbons (Fsp3) is 0.788. The summed E-state index contributed by atoms with van der Waals surface area (Å²) < 4.78 is 11.3. The highest BCUT2D eigenvalue weighted by Gasteiger charge is 2.72. The summed E-state index contributed by atoms with van der Waals surface area (Å²) in [6.07, 6.45) is 4.96. The van der Waals surface area contributed by atoms with E-state index >= 15 is 0 Å². The van der Waals surface area contributed by atoms with E-state index in [2.05, 4.69) is 20.8 Å². The van der Waals surface area contributed by atoms with Crippen LogP contribution in [0.4, 0.5) is 0 Å². The first-order valence-corrected chi connectivity index (χ1v) is 15.3. The highest BCUT2D eigenvalue weighted by Crippen LogP contribution is 2.75. The first kappa shape index (κ1) is 31.7. The van der Waals surface area contributed by atoms with Crippen LogP contribution >= 0.6 is 0 Å². The van der Waals surface area contributed by atoms with Crippen LogP contribution in [-0.4, -0.2) is 51.2 Å². The van der Waals surface area contributed by atoms with Crippen molar-refractivity contribution >= 4 is 17.9 Å². The molecule has 8 heteroatoms. The molecule has 4 fully saturated rings. The number of carbonyl (C=O) groups is 3. The van der Waals surface area contributed by atoms with Gasteiger partial charge in [0.05, 0.1) is 6.10 Å². The molecule has 230 valence electrons. The van der Waals surface area contributed by atoms with Crippen LogP contribution < -0.4 is 0 Å². The molecule has 10 atom stereocenters. The van der Waals surface area contributed by atoms with Crippen LogP contribution in [0.5, 0.6) is 0 Å². The zero-order valence-corrected chi connectivity index (χ0v) is 26.1. The molecule has 8 nitrogen and oxygen atoms in total. The molecule has 0 amide bonds. The summed E-state index contributed by atoms with van der Waals surface area (Å²) in [5, 5.41) is 33.7. The van der Waals surface area contributed by atoms with Crippen molar-refractivity contribution in [2.75, 3.05) is 0 Å². The van der Waals surface area contributed by atoms with Gasteiger partial charge in [-0.25, -0.2) is 4.79 Å². The van der Waals surface area contributed by atoms with E-state index < -0.39 is 41.3 Å². The van der Waals surface area contributed by atoms with Crippen LogP contribution in [0, 0.1) is 39.9 Å². The molecular weight excluding hydrogens is 524 g/mol. The Morgan fingerprint density at radius 3 is 2.22 bits per heavy atom. The SMILES string of the molecule is CC(=O)O[C@H]1C[C@@]2(C)[C@H](CC(O)C3[C@@]4(C)CC[C@@](O)(OC(C)=O)[C@@H](C)C4CC[C@@]32C)C1=C(CCC=C(C)C)C(=O)O. The minimum absolute atomic E-state index is 0.0350. The highest BCUT2D eigenvalue weighted by molar-refractivity contribution is 5.88. The summed E-state index contributed by atoms with van der Waals surface area (Å²) in [6.45, 7) is 15.3. The fourth-order valence-corrected chi connectivity index (χ4v) is 10.1. The number of carbonyl (C=O) groups excluding carboxylic acids is 2. The van der Waals surface area contributed by atoms with Gasteiger partial charge in [0.15, 0.2) is 0 Å². The minimum atomic E-state index is -1.53. The van der Waals surface area contributed by atoms with Crippen molar-refractivity contribution in [2.24, 2.45) is 39.9 Å². The molecule has 3 unspecified atom stereocenters. The van der Waals surface area contributed by atoms with Gasteiger partial charge >= 0.3 is 17.9 Å². The number of allylic oxidation sites excluding steroid dienone is 2. The van der Waals surface area contributed by atoms with Crippen molar-refractivity contribution in [3.05, 3.63) is 22.8 Å². The van der Waals surface area contributed by atoms with Crippen LogP contribution in [0.15, 0.2) is 22.8 Å². The predicted octanol–water partition coefficient (Wildman–Crippen LogP) is 5.56. The zero-order chi connectivity index (χ0) is 30.7. The molecule has 0 bridgehead atoms. The molecule has 4 rings (SSSR count). The number of hydrogen-bond acceptors (Lipinski definition) is 7. The number of ether oxygens (including phenoxy) is 2. The molecule has 4 aliphatic rings.